The third-order valence-electron chi connectivity index (χ3n) is 4.23. The Kier molecular flexibility index (Phi) is 6.07. The molecule has 2 aromatic rings. The van der Waals surface area contributed by atoms with Crippen molar-refractivity contribution in [1.29, 1.82) is 5.26 Å². The molecule has 0 heterocycles. The van der Waals surface area contributed by atoms with Crippen molar-refractivity contribution in [2.45, 2.75) is 25.0 Å². The SMILES string of the molecule is COc1cccc(/C=C(\C#N)C(=O)O[C@H](C(=O)NC2CC2)c2ccccc2)c1. The van der Waals surface area contributed by atoms with Crippen molar-refractivity contribution in [3.8, 4) is 11.8 Å². The van der Waals surface area contributed by atoms with Crippen LogP contribution in [0.5, 0.6) is 5.75 Å². The Morgan fingerprint density at radius 2 is 1.93 bits per heavy atom. The van der Waals surface area contributed by atoms with E-state index < -0.39 is 12.1 Å². The summed E-state index contributed by atoms with van der Waals surface area (Å²) in [4.78, 5) is 25.2. The number of carbonyl (C=O) groups is 2. The van der Waals surface area contributed by atoms with Gasteiger partial charge in [0.05, 0.1) is 7.11 Å². The highest BCUT2D eigenvalue weighted by molar-refractivity contribution is 5.99. The van der Waals surface area contributed by atoms with Gasteiger partial charge in [0.15, 0.2) is 0 Å². The Bertz CT molecular complexity index is 927. The molecule has 0 aromatic heterocycles. The van der Waals surface area contributed by atoms with E-state index in [0.717, 1.165) is 12.8 Å². The molecule has 0 unspecified atom stereocenters. The molecule has 1 saturated carbocycles. The number of benzene rings is 2. The summed E-state index contributed by atoms with van der Waals surface area (Å²) in [7, 11) is 1.53. The van der Waals surface area contributed by atoms with Crippen LogP contribution in [-0.4, -0.2) is 25.0 Å². The quantitative estimate of drug-likeness (QED) is 0.455. The first-order valence-electron chi connectivity index (χ1n) is 8.93. The number of methoxy groups -OCH3 is 1. The molecule has 0 saturated heterocycles. The third-order valence-corrected chi connectivity index (χ3v) is 4.23. The van der Waals surface area contributed by atoms with Gasteiger partial charge >= 0.3 is 5.97 Å². The van der Waals surface area contributed by atoms with Crippen LogP contribution in [0.15, 0.2) is 60.2 Å². The van der Waals surface area contributed by atoms with Crippen LogP contribution in [0.4, 0.5) is 0 Å². The molecule has 1 atom stereocenters. The number of amides is 1. The zero-order chi connectivity index (χ0) is 19.9. The molecule has 0 bridgehead atoms. The molecule has 6 heteroatoms. The Hall–Kier alpha value is -3.59. The zero-order valence-electron chi connectivity index (χ0n) is 15.4. The van der Waals surface area contributed by atoms with Gasteiger partial charge in [-0.15, -0.1) is 0 Å². The fourth-order valence-corrected chi connectivity index (χ4v) is 2.61. The van der Waals surface area contributed by atoms with Gasteiger partial charge in [-0.25, -0.2) is 4.79 Å². The van der Waals surface area contributed by atoms with Gasteiger partial charge < -0.3 is 14.8 Å². The lowest BCUT2D eigenvalue weighted by Gasteiger charge is -2.17. The third kappa shape index (κ3) is 4.98. The van der Waals surface area contributed by atoms with Crippen LogP contribution in [0.3, 0.4) is 0 Å². The minimum Gasteiger partial charge on any atom is -0.497 e. The van der Waals surface area contributed by atoms with Crippen LogP contribution in [0.2, 0.25) is 0 Å². The molecule has 142 valence electrons. The maximum atomic E-state index is 12.6. The number of esters is 1. The van der Waals surface area contributed by atoms with E-state index >= 15 is 0 Å². The van der Waals surface area contributed by atoms with Gasteiger partial charge in [-0.05, 0) is 36.6 Å². The van der Waals surface area contributed by atoms with E-state index in [0.29, 0.717) is 16.9 Å². The van der Waals surface area contributed by atoms with E-state index in [1.807, 2.05) is 12.1 Å². The van der Waals surface area contributed by atoms with Crippen LogP contribution < -0.4 is 10.1 Å². The molecule has 6 nitrogen and oxygen atoms in total. The molecular formula is C22H20N2O4. The molecule has 1 fully saturated rings. The molecule has 0 radical (unpaired) electrons. The minimum absolute atomic E-state index is 0.125. The minimum atomic E-state index is -1.11. The molecular weight excluding hydrogens is 356 g/mol. The van der Waals surface area contributed by atoms with Gasteiger partial charge in [0.2, 0.25) is 6.10 Å². The van der Waals surface area contributed by atoms with Crippen molar-refractivity contribution < 1.29 is 19.1 Å². The zero-order valence-corrected chi connectivity index (χ0v) is 15.4. The number of hydrogen-bond acceptors (Lipinski definition) is 5. The molecule has 0 spiro atoms. The maximum absolute atomic E-state index is 12.6. The highest BCUT2D eigenvalue weighted by Crippen LogP contribution is 2.24. The van der Waals surface area contributed by atoms with Crippen molar-refractivity contribution in [3.63, 3.8) is 0 Å². The Labute approximate surface area is 163 Å². The number of nitrogens with one attached hydrogen (secondary N) is 1. The average Bonchev–Trinajstić information content (AvgIpc) is 3.54. The molecule has 1 N–H and O–H groups in total. The monoisotopic (exact) mass is 376 g/mol. The molecule has 28 heavy (non-hydrogen) atoms. The van der Waals surface area contributed by atoms with Crippen LogP contribution in [0, 0.1) is 11.3 Å². The van der Waals surface area contributed by atoms with Crippen molar-refractivity contribution in [1.82, 2.24) is 5.32 Å². The van der Waals surface area contributed by atoms with E-state index in [2.05, 4.69) is 5.32 Å². The first-order valence-corrected chi connectivity index (χ1v) is 8.93. The Balaban J connectivity index is 1.81. The van der Waals surface area contributed by atoms with Gasteiger partial charge in [0.1, 0.15) is 17.4 Å². The van der Waals surface area contributed by atoms with E-state index in [9.17, 15) is 14.9 Å². The summed E-state index contributed by atoms with van der Waals surface area (Å²) in [5.74, 6) is -0.642. The Morgan fingerprint density at radius 1 is 1.18 bits per heavy atom. The normalized spacial score (nSPS) is 14.5. The molecule has 2 aromatic carbocycles. The first kappa shape index (κ1) is 19.2. The first-order chi connectivity index (χ1) is 13.6. The van der Waals surface area contributed by atoms with Crippen LogP contribution >= 0.6 is 0 Å². The summed E-state index contributed by atoms with van der Waals surface area (Å²) in [6.07, 6.45) is 2.13. The van der Waals surface area contributed by atoms with Crippen molar-refractivity contribution in [2.24, 2.45) is 0 Å². The van der Waals surface area contributed by atoms with Crippen LogP contribution in [-0.2, 0) is 14.3 Å². The lowest BCUT2D eigenvalue weighted by Crippen LogP contribution is -2.33. The summed E-state index contributed by atoms with van der Waals surface area (Å²) in [6.45, 7) is 0. The standard InChI is InChI=1S/C22H20N2O4/c1-27-19-9-5-6-15(13-19)12-17(14-23)22(26)28-20(16-7-3-2-4-8-16)21(25)24-18-10-11-18/h2-9,12-13,18,20H,10-11H2,1H3,(H,24,25)/b17-12+/t20-/m0/s1. The fourth-order valence-electron chi connectivity index (χ4n) is 2.61. The van der Waals surface area contributed by atoms with Gasteiger partial charge in [-0.1, -0.05) is 42.5 Å². The number of nitrogens with zero attached hydrogens (tertiary/aromatic N) is 1. The second-order valence-corrected chi connectivity index (χ2v) is 6.43. The van der Waals surface area contributed by atoms with Crippen LogP contribution in [0.25, 0.3) is 6.08 Å². The molecule has 1 aliphatic rings. The smallest absolute Gasteiger partial charge is 0.350 e. The lowest BCUT2D eigenvalue weighted by molar-refractivity contribution is -0.152. The van der Waals surface area contributed by atoms with E-state index in [1.54, 1.807) is 48.5 Å². The second-order valence-electron chi connectivity index (χ2n) is 6.43. The molecule has 0 aliphatic heterocycles. The van der Waals surface area contributed by atoms with E-state index in [1.165, 1.54) is 13.2 Å². The molecule has 1 aliphatic carbocycles. The second kappa shape index (κ2) is 8.87. The number of rotatable bonds is 7. The van der Waals surface area contributed by atoms with E-state index in [4.69, 9.17) is 9.47 Å². The molecule has 1 amide bonds. The van der Waals surface area contributed by atoms with Crippen molar-refractivity contribution in [3.05, 3.63) is 71.3 Å². The van der Waals surface area contributed by atoms with Crippen molar-refractivity contribution in [2.75, 3.05) is 7.11 Å². The average molecular weight is 376 g/mol. The largest absolute Gasteiger partial charge is 0.497 e. The number of carbonyl (C=O) groups excluding carboxylic acids is 2. The van der Waals surface area contributed by atoms with E-state index in [-0.39, 0.29) is 17.5 Å². The summed E-state index contributed by atoms with van der Waals surface area (Å²) in [5, 5.41) is 12.3. The highest BCUT2D eigenvalue weighted by Gasteiger charge is 2.31. The number of hydrogen-bond donors (Lipinski definition) is 1. The van der Waals surface area contributed by atoms with Gasteiger partial charge in [0, 0.05) is 11.6 Å². The predicted molar refractivity (Wildman–Crippen MR) is 103 cm³/mol. The van der Waals surface area contributed by atoms with Gasteiger partial charge in [-0.2, -0.15) is 5.26 Å². The summed E-state index contributed by atoms with van der Waals surface area (Å²) < 4.78 is 10.6. The van der Waals surface area contributed by atoms with Gasteiger partial charge in [0.25, 0.3) is 5.91 Å². The summed E-state index contributed by atoms with van der Waals surface area (Å²) in [6, 6.07) is 17.7. The number of nitriles is 1. The lowest BCUT2D eigenvalue weighted by atomic mass is 10.1. The summed E-state index contributed by atoms with van der Waals surface area (Å²) >= 11 is 0. The predicted octanol–water partition coefficient (Wildman–Crippen LogP) is 3.17. The maximum Gasteiger partial charge on any atom is 0.350 e. The van der Waals surface area contributed by atoms with Gasteiger partial charge in [-0.3, -0.25) is 4.79 Å². The molecule has 3 rings (SSSR count). The van der Waals surface area contributed by atoms with Crippen LogP contribution in [0.1, 0.15) is 30.1 Å². The number of ether oxygens (including phenoxy) is 2. The summed E-state index contributed by atoms with van der Waals surface area (Å²) in [5.41, 5.74) is 0.965. The van der Waals surface area contributed by atoms with Crippen molar-refractivity contribution >= 4 is 18.0 Å². The fraction of sp³-hybridized carbons (Fsp3) is 0.227. The topological polar surface area (TPSA) is 88.4 Å². The highest BCUT2D eigenvalue weighted by atomic mass is 16.5. The Morgan fingerprint density at radius 3 is 2.57 bits per heavy atom.